The molecule has 1 aliphatic rings. The van der Waals surface area contributed by atoms with Crippen LogP contribution in [0.3, 0.4) is 0 Å². The Morgan fingerprint density at radius 3 is 2.41 bits per heavy atom. The molecule has 2 aromatic carbocycles. The van der Waals surface area contributed by atoms with Crippen LogP contribution in [0, 0.1) is 3.57 Å². The van der Waals surface area contributed by atoms with Gasteiger partial charge in [-0.25, -0.2) is 0 Å². The van der Waals surface area contributed by atoms with Crippen LogP contribution in [-0.4, -0.2) is 0 Å². The van der Waals surface area contributed by atoms with E-state index in [2.05, 4.69) is 0 Å². The van der Waals surface area contributed by atoms with Crippen molar-refractivity contribution in [3.63, 3.8) is 0 Å². The summed E-state index contributed by atoms with van der Waals surface area (Å²) < 4.78 is 20.5. The first kappa shape index (κ1) is 11.2. The summed E-state index contributed by atoms with van der Waals surface area (Å²) in [6.07, 6.45) is 0. The van der Waals surface area contributed by atoms with Gasteiger partial charge in [0.05, 0.1) is 0 Å². The minimum atomic E-state index is -2.92. The van der Waals surface area contributed by atoms with Crippen LogP contribution < -0.4 is 0 Å². The molecule has 17 heavy (non-hydrogen) atoms. The van der Waals surface area contributed by atoms with Crippen LogP contribution in [0.2, 0.25) is 0 Å². The van der Waals surface area contributed by atoms with Crippen LogP contribution in [0.15, 0.2) is 54.6 Å². The Kier molecular flexibility index (Phi) is 2.67. The predicted molar refractivity (Wildman–Crippen MR) is 74.2 cm³/mol. The van der Waals surface area contributed by atoms with Crippen molar-refractivity contribution in [2.45, 2.75) is 12.5 Å². The zero-order valence-electron chi connectivity index (χ0n) is 9.36. The Bertz CT molecular complexity index is 543. The van der Waals surface area contributed by atoms with Gasteiger partial charge in [0.2, 0.25) is 0 Å². The van der Waals surface area contributed by atoms with Gasteiger partial charge >= 0.3 is 109 Å². The quantitative estimate of drug-likeness (QED) is 0.696. The summed E-state index contributed by atoms with van der Waals surface area (Å²) in [4.78, 5) is 0. The first-order valence-corrected chi connectivity index (χ1v) is 8.20. The standard InChI is InChI=1S/C14H12FIO/c1-14(11-7-3-2-4-8-11)12-9-5-6-10-13(12)16(15)17-14/h2-10H,1H3. The number of hydrogen-bond donors (Lipinski definition) is 0. The topological polar surface area (TPSA) is 9.23 Å². The number of rotatable bonds is 1. The van der Waals surface area contributed by atoms with E-state index in [1.54, 1.807) is 0 Å². The van der Waals surface area contributed by atoms with Crippen molar-refractivity contribution in [1.82, 2.24) is 0 Å². The van der Waals surface area contributed by atoms with E-state index in [1.807, 2.05) is 61.5 Å². The van der Waals surface area contributed by atoms with Gasteiger partial charge in [0.1, 0.15) is 0 Å². The summed E-state index contributed by atoms with van der Waals surface area (Å²) in [5.41, 5.74) is 1.39. The van der Waals surface area contributed by atoms with Gasteiger partial charge in [0.15, 0.2) is 0 Å². The van der Waals surface area contributed by atoms with E-state index in [1.165, 1.54) is 0 Å². The molecule has 0 saturated carbocycles. The zero-order valence-corrected chi connectivity index (χ0v) is 11.5. The molecule has 1 unspecified atom stereocenters. The van der Waals surface area contributed by atoms with E-state index in [-0.39, 0.29) is 0 Å². The van der Waals surface area contributed by atoms with Gasteiger partial charge in [-0.1, -0.05) is 0 Å². The molecule has 0 radical (unpaired) electrons. The van der Waals surface area contributed by atoms with Gasteiger partial charge in [-0.05, 0) is 0 Å². The van der Waals surface area contributed by atoms with Gasteiger partial charge < -0.3 is 0 Å². The van der Waals surface area contributed by atoms with Crippen molar-refractivity contribution in [2.75, 3.05) is 0 Å². The number of fused-ring (bicyclic) bond motifs is 1. The maximum absolute atomic E-state index is 14.0. The summed E-state index contributed by atoms with van der Waals surface area (Å²) >= 11 is -2.92. The summed E-state index contributed by atoms with van der Waals surface area (Å²) in [5.74, 6) is 0. The van der Waals surface area contributed by atoms with Gasteiger partial charge in [0, 0.05) is 0 Å². The fourth-order valence-electron chi connectivity index (χ4n) is 2.15. The summed E-state index contributed by atoms with van der Waals surface area (Å²) in [5, 5.41) is 0. The molecule has 1 nitrogen and oxygen atoms in total. The van der Waals surface area contributed by atoms with E-state index in [9.17, 15) is 2.86 Å². The van der Waals surface area contributed by atoms with Crippen LogP contribution in [-0.2, 0) is 8.67 Å². The molecule has 0 N–H and O–H groups in total. The second kappa shape index (κ2) is 4.07. The first-order valence-electron chi connectivity index (χ1n) is 5.43. The second-order valence-electron chi connectivity index (χ2n) is 4.16. The third-order valence-electron chi connectivity index (χ3n) is 3.09. The van der Waals surface area contributed by atoms with Crippen molar-refractivity contribution in [1.29, 1.82) is 0 Å². The summed E-state index contributed by atoms with van der Waals surface area (Å²) in [7, 11) is 0. The van der Waals surface area contributed by atoms with Crippen LogP contribution in [0.25, 0.3) is 0 Å². The minimum absolute atomic E-state index is 0.614. The molecule has 0 aliphatic carbocycles. The Labute approximate surface area is 108 Å². The molecule has 88 valence electrons. The third kappa shape index (κ3) is 1.68. The normalized spacial score (nSPS) is 24.7. The molecular formula is C14H12FIO. The SMILES string of the molecule is CC1(c2ccccc2)OI(F)c2ccccc21. The predicted octanol–water partition coefficient (Wildman–Crippen LogP) is 4.46. The Hall–Kier alpha value is -0.940. The van der Waals surface area contributed by atoms with Crippen molar-refractivity contribution < 1.29 is 5.93 Å². The summed E-state index contributed by atoms with van der Waals surface area (Å²) in [6.45, 7) is 1.96. The molecule has 1 aliphatic heterocycles. The van der Waals surface area contributed by atoms with Crippen LogP contribution in [0.5, 0.6) is 0 Å². The maximum atomic E-state index is 14.0. The van der Waals surface area contributed by atoms with E-state index in [0.29, 0.717) is 0 Å². The van der Waals surface area contributed by atoms with E-state index in [0.717, 1.165) is 14.7 Å². The molecule has 3 rings (SSSR count). The molecule has 1 heterocycles. The zero-order chi connectivity index (χ0) is 11.9. The summed E-state index contributed by atoms with van der Waals surface area (Å²) in [6, 6.07) is 17.5. The van der Waals surface area contributed by atoms with E-state index in [4.69, 9.17) is 3.07 Å². The van der Waals surface area contributed by atoms with Crippen molar-refractivity contribution in [3.05, 3.63) is 69.3 Å². The fourth-order valence-corrected chi connectivity index (χ4v) is 5.30. The van der Waals surface area contributed by atoms with Crippen molar-refractivity contribution in [3.8, 4) is 0 Å². The van der Waals surface area contributed by atoms with Crippen LogP contribution >= 0.6 is 20.8 Å². The molecule has 0 bridgehead atoms. The van der Waals surface area contributed by atoms with Gasteiger partial charge in [0.25, 0.3) is 0 Å². The Balaban J connectivity index is 2.18. The van der Waals surface area contributed by atoms with Crippen molar-refractivity contribution in [2.24, 2.45) is 0 Å². The van der Waals surface area contributed by atoms with E-state index >= 15 is 0 Å². The van der Waals surface area contributed by atoms with Crippen molar-refractivity contribution >= 4 is 20.8 Å². The molecule has 0 fully saturated rings. The molecule has 0 saturated heterocycles. The van der Waals surface area contributed by atoms with Crippen LogP contribution in [0.4, 0.5) is 2.86 Å². The molecular weight excluding hydrogens is 330 g/mol. The van der Waals surface area contributed by atoms with Crippen LogP contribution in [0.1, 0.15) is 18.1 Å². The Morgan fingerprint density at radius 1 is 1.00 bits per heavy atom. The molecule has 1 atom stereocenters. The average Bonchev–Trinajstić information content (AvgIpc) is 2.65. The number of halogens is 2. The molecule has 0 amide bonds. The Morgan fingerprint density at radius 2 is 1.65 bits per heavy atom. The van der Waals surface area contributed by atoms with E-state index < -0.39 is 26.4 Å². The fraction of sp³-hybridized carbons (Fsp3) is 0.143. The molecule has 0 spiro atoms. The second-order valence-corrected chi connectivity index (χ2v) is 6.95. The number of hydrogen-bond acceptors (Lipinski definition) is 1. The first-order chi connectivity index (χ1) is 8.22. The van der Waals surface area contributed by atoms with Gasteiger partial charge in [-0.15, -0.1) is 0 Å². The molecule has 3 heteroatoms. The number of benzene rings is 2. The third-order valence-corrected chi connectivity index (χ3v) is 6.22. The average molecular weight is 342 g/mol. The molecule has 2 aromatic rings. The van der Waals surface area contributed by atoms with Gasteiger partial charge in [-0.2, -0.15) is 0 Å². The van der Waals surface area contributed by atoms with Gasteiger partial charge in [-0.3, -0.25) is 0 Å². The monoisotopic (exact) mass is 342 g/mol. The molecule has 0 aromatic heterocycles.